The Hall–Kier alpha value is -2.72. The molecule has 0 saturated heterocycles. The second-order valence-corrected chi connectivity index (χ2v) is 10.3. The summed E-state index contributed by atoms with van der Waals surface area (Å²) in [7, 11) is 0. The van der Waals surface area contributed by atoms with Crippen LogP contribution in [0.2, 0.25) is 0 Å². The molecular weight excluding hydrogens is 412 g/mol. The summed E-state index contributed by atoms with van der Waals surface area (Å²) in [4.78, 5) is 14.2. The third-order valence-corrected chi connectivity index (χ3v) is 8.66. The fourth-order valence-corrected chi connectivity index (χ4v) is 7.11. The van der Waals surface area contributed by atoms with Crippen LogP contribution < -0.4 is 10.6 Å². The maximum Gasteiger partial charge on any atom is 0.255 e. The third-order valence-electron chi connectivity index (χ3n) is 7.86. The fourth-order valence-electron chi connectivity index (χ4n) is 6.56. The van der Waals surface area contributed by atoms with E-state index in [1.54, 1.807) is 11.8 Å². The van der Waals surface area contributed by atoms with Crippen molar-refractivity contribution < 1.29 is 4.79 Å². The smallest absolute Gasteiger partial charge is 0.255 e. The van der Waals surface area contributed by atoms with E-state index in [1.165, 1.54) is 36.1 Å². The van der Waals surface area contributed by atoms with Crippen LogP contribution in [-0.2, 0) is 0 Å². The largest absolute Gasteiger partial charge is 0.378 e. The maximum absolute atomic E-state index is 13.2. The minimum atomic E-state index is -0.0285. The molecule has 4 heteroatoms. The molecule has 2 fully saturated rings. The van der Waals surface area contributed by atoms with Gasteiger partial charge in [-0.1, -0.05) is 42.5 Å². The molecule has 3 nitrogen and oxygen atoms in total. The first-order chi connectivity index (χ1) is 15.7. The van der Waals surface area contributed by atoms with Gasteiger partial charge in [0.25, 0.3) is 5.91 Å². The SMILES string of the molecule is CSc1ccccc1NC(=O)c1ccc2c(c1)[C@@H]1[C@H]3CC[C@@H](C3)[C@@H]1[C@@H](c1ccccc1)N2. The van der Waals surface area contributed by atoms with E-state index in [0.29, 0.717) is 17.9 Å². The van der Waals surface area contributed by atoms with Gasteiger partial charge in [-0.05, 0) is 90.6 Å². The zero-order chi connectivity index (χ0) is 21.7. The first-order valence-electron chi connectivity index (χ1n) is 11.6. The molecule has 5 atom stereocenters. The van der Waals surface area contributed by atoms with Gasteiger partial charge in [0.15, 0.2) is 0 Å². The highest BCUT2D eigenvalue weighted by atomic mass is 32.2. The zero-order valence-corrected chi connectivity index (χ0v) is 19.1. The molecule has 0 unspecified atom stereocenters. The Morgan fingerprint density at radius 2 is 1.75 bits per heavy atom. The lowest BCUT2D eigenvalue weighted by Crippen LogP contribution is -2.35. The highest BCUT2D eigenvalue weighted by Gasteiger charge is 2.53. The van der Waals surface area contributed by atoms with E-state index in [9.17, 15) is 4.79 Å². The van der Waals surface area contributed by atoms with Gasteiger partial charge in [0.1, 0.15) is 0 Å². The van der Waals surface area contributed by atoms with Gasteiger partial charge >= 0.3 is 0 Å². The Balaban J connectivity index is 1.35. The van der Waals surface area contributed by atoms with Gasteiger partial charge < -0.3 is 10.6 Å². The minimum absolute atomic E-state index is 0.0285. The average molecular weight is 441 g/mol. The Morgan fingerprint density at radius 3 is 2.59 bits per heavy atom. The van der Waals surface area contributed by atoms with E-state index in [4.69, 9.17) is 0 Å². The summed E-state index contributed by atoms with van der Waals surface area (Å²) in [6.45, 7) is 0. The first-order valence-corrected chi connectivity index (χ1v) is 12.8. The first kappa shape index (κ1) is 19.9. The van der Waals surface area contributed by atoms with Crippen molar-refractivity contribution >= 4 is 29.0 Å². The second-order valence-electron chi connectivity index (χ2n) is 9.43. The van der Waals surface area contributed by atoms with Crippen LogP contribution in [0.15, 0.2) is 77.7 Å². The molecule has 32 heavy (non-hydrogen) atoms. The number of amides is 1. The van der Waals surface area contributed by atoms with Gasteiger partial charge in [-0.15, -0.1) is 11.8 Å². The quantitative estimate of drug-likeness (QED) is 0.431. The fraction of sp³-hybridized carbons (Fsp3) is 0.321. The van der Waals surface area contributed by atoms with E-state index in [1.807, 2.05) is 36.6 Å². The van der Waals surface area contributed by atoms with Crippen LogP contribution in [0.5, 0.6) is 0 Å². The molecule has 162 valence electrons. The molecule has 0 aromatic heterocycles. The molecule has 1 heterocycles. The maximum atomic E-state index is 13.2. The molecule has 0 radical (unpaired) electrons. The summed E-state index contributed by atoms with van der Waals surface area (Å²) < 4.78 is 0. The van der Waals surface area contributed by atoms with Crippen LogP contribution in [0.3, 0.4) is 0 Å². The van der Waals surface area contributed by atoms with Crippen molar-refractivity contribution in [1.29, 1.82) is 0 Å². The summed E-state index contributed by atoms with van der Waals surface area (Å²) in [6, 6.07) is 25.5. The highest BCUT2D eigenvalue weighted by molar-refractivity contribution is 7.98. The van der Waals surface area contributed by atoms with Crippen LogP contribution >= 0.6 is 11.8 Å². The lowest BCUT2D eigenvalue weighted by atomic mass is 9.68. The second kappa shape index (κ2) is 8.00. The third kappa shape index (κ3) is 3.24. The molecule has 3 aliphatic rings. The molecule has 6 rings (SSSR count). The molecule has 2 saturated carbocycles. The van der Waals surface area contributed by atoms with Crippen molar-refractivity contribution in [3.63, 3.8) is 0 Å². The average Bonchev–Trinajstić information content (AvgIpc) is 3.47. The number of rotatable bonds is 4. The van der Waals surface area contributed by atoms with E-state index in [-0.39, 0.29) is 5.91 Å². The zero-order valence-electron chi connectivity index (χ0n) is 18.3. The Labute approximate surface area is 194 Å². The van der Waals surface area contributed by atoms with Crippen molar-refractivity contribution in [3.8, 4) is 0 Å². The van der Waals surface area contributed by atoms with Crippen LogP contribution in [0.4, 0.5) is 11.4 Å². The number of benzene rings is 3. The number of carbonyl (C=O) groups is 1. The van der Waals surface area contributed by atoms with Crippen molar-refractivity contribution in [3.05, 3.63) is 89.5 Å². The predicted molar refractivity (Wildman–Crippen MR) is 132 cm³/mol. The summed E-state index contributed by atoms with van der Waals surface area (Å²) in [5, 5.41) is 7.00. The molecule has 3 aromatic rings. The number of hydrogen-bond acceptors (Lipinski definition) is 3. The van der Waals surface area contributed by atoms with Gasteiger partial charge in [-0.2, -0.15) is 0 Å². The molecule has 2 aliphatic carbocycles. The van der Waals surface area contributed by atoms with Crippen molar-refractivity contribution in [2.24, 2.45) is 17.8 Å². The lowest BCUT2D eigenvalue weighted by molar-refractivity contribution is 0.102. The monoisotopic (exact) mass is 440 g/mol. The van der Waals surface area contributed by atoms with Crippen LogP contribution in [0.25, 0.3) is 0 Å². The molecule has 2 N–H and O–H groups in total. The predicted octanol–water partition coefficient (Wildman–Crippen LogP) is 6.96. The molecule has 3 aromatic carbocycles. The Morgan fingerprint density at radius 1 is 0.969 bits per heavy atom. The summed E-state index contributed by atoms with van der Waals surface area (Å²) in [6.07, 6.45) is 6.04. The Kier molecular flexibility index (Phi) is 4.98. The van der Waals surface area contributed by atoms with Gasteiger partial charge in [0, 0.05) is 16.1 Å². The summed E-state index contributed by atoms with van der Waals surface area (Å²) in [5.41, 5.74) is 5.56. The molecule has 0 spiro atoms. The number of fused-ring (bicyclic) bond motifs is 7. The van der Waals surface area contributed by atoms with Crippen molar-refractivity contribution in [2.75, 3.05) is 16.9 Å². The highest BCUT2D eigenvalue weighted by Crippen LogP contribution is 2.63. The molecule has 2 bridgehead atoms. The van der Waals surface area contributed by atoms with Crippen LogP contribution in [0, 0.1) is 17.8 Å². The van der Waals surface area contributed by atoms with Gasteiger partial charge in [-0.3, -0.25) is 4.79 Å². The minimum Gasteiger partial charge on any atom is -0.378 e. The van der Waals surface area contributed by atoms with E-state index in [0.717, 1.165) is 28.0 Å². The van der Waals surface area contributed by atoms with E-state index in [2.05, 4.69) is 53.1 Å². The van der Waals surface area contributed by atoms with Crippen molar-refractivity contribution in [1.82, 2.24) is 0 Å². The van der Waals surface area contributed by atoms with E-state index < -0.39 is 0 Å². The number of thioether (sulfide) groups is 1. The van der Waals surface area contributed by atoms with Gasteiger partial charge in [-0.25, -0.2) is 0 Å². The number of carbonyl (C=O) groups excluding carboxylic acids is 1. The topological polar surface area (TPSA) is 41.1 Å². The number of hydrogen-bond donors (Lipinski definition) is 2. The van der Waals surface area contributed by atoms with Gasteiger partial charge in [0.2, 0.25) is 0 Å². The Bertz CT molecular complexity index is 1160. The standard InChI is InChI=1S/C28H28N2OS/c1-32-24-10-6-5-9-23(24)30-28(31)20-13-14-22-21(16-20)25-18-11-12-19(15-18)26(25)27(29-22)17-7-3-2-4-8-17/h2-10,13-14,16,18-19,25-27,29H,11-12,15H2,1H3,(H,30,31)/t18-,19-,25-,26-,27+/m0/s1. The lowest BCUT2D eigenvalue weighted by Gasteiger charge is -2.43. The van der Waals surface area contributed by atoms with E-state index >= 15 is 0 Å². The number of nitrogens with one attached hydrogen (secondary N) is 2. The summed E-state index contributed by atoms with van der Waals surface area (Å²) in [5.74, 6) is 2.65. The molecular formula is C28H28N2OS. The normalized spacial score (nSPS) is 27.3. The van der Waals surface area contributed by atoms with Crippen LogP contribution in [-0.4, -0.2) is 12.2 Å². The molecule has 1 aliphatic heterocycles. The van der Waals surface area contributed by atoms with Crippen LogP contribution in [0.1, 0.15) is 52.7 Å². The van der Waals surface area contributed by atoms with Gasteiger partial charge in [0.05, 0.1) is 11.7 Å². The summed E-state index contributed by atoms with van der Waals surface area (Å²) >= 11 is 1.65. The number of para-hydroxylation sites is 1. The van der Waals surface area contributed by atoms with Crippen molar-refractivity contribution in [2.45, 2.75) is 36.1 Å². The molecule has 1 amide bonds. The number of anilines is 2.